The Morgan fingerprint density at radius 2 is 2.08 bits per heavy atom. The Kier molecular flexibility index (Phi) is 2.44. The van der Waals surface area contributed by atoms with Crippen LogP contribution in [-0.2, 0) is 10.2 Å². The standard InChI is InChI=1S/C6H15N3O2S/c1-6(2)5-8-3-4-9(6)12(7,10)11/h8H,3-5H2,1-2H3,(H2,7,10,11). The van der Waals surface area contributed by atoms with Gasteiger partial charge >= 0.3 is 0 Å². The number of hydrogen-bond acceptors (Lipinski definition) is 3. The van der Waals surface area contributed by atoms with E-state index >= 15 is 0 Å². The number of nitrogens with zero attached hydrogens (tertiary/aromatic N) is 1. The first-order valence-corrected chi connectivity index (χ1v) is 5.36. The topological polar surface area (TPSA) is 75.4 Å². The van der Waals surface area contributed by atoms with E-state index in [-0.39, 0.29) is 0 Å². The molecule has 12 heavy (non-hydrogen) atoms. The molecule has 0 spiro atoms. The van der Waals surface area contributed by atoms with Crippen molar-refractivity contribution in [2.75, 3.05) is 19.6 Å². The van der Waals surface area contributed by atoms with Crippen LogP contribution in [0.25, 0.3) is 0 Å². The number of nitrogens with one attached hydrogen (secondary N) is 1. The molecule has 3 N–H and O–H groups in total. The van der Waals surface area contributed by atoms with Crippen molar-refractivity contribution in [2.45, 2.75) is 19.4 Å². The fourth-order valence-electron chi connectivity index (χ4n) is 1.44. The predicted octanol–water partition coefficient (Wildman–Crippen LogP) is -1.13. The minimum Gasteiger partial charge on any atom is -0.314 e. The number of nitrogens with two attached hydrogens (primary N) is 1. The van der Waals surface area contributed by atoms with Gasteiger partial charge in [-0.25, -0.2) is 5.14 Å². The molecule has 0 unspecified atom stereocenters. The van der Waals surface area contributed by atoms with Gasteiger partial charge in [0.15, 0.2) is 0 Å². The lowest BCUT2D eigenvalue weighted by atomic mass is 10.0. The first kappa shape index (κ1) is 9.91. The molecule has 72 valence electrons. The van der Waals surface area contributed by atoms with Crippen molar-refractivity contribution in [2.24, 2.45) is 5.14 Å². The first-order valence-electron chi connectivity index (χ1n) is 3.85. The largest absolute Gasteiger partial charge is 0.314 e. The second kappa shape index (κ2) is 2.95. The third-order valence-corrected chi connectivity index (χ3v) is 3.32. The maximum absolute atomic E-state index is 11.1. The molecule has 0 bridgehead atoms. The van der Waals surface area contributed by atoms with Crippen molar-refractivity contribution in [3.05, 3.63) is 0 Å². The van der Waals surface area contributed by atoms with E-state index in [4.69, 9.17) is 5.14 Å². The number of rotatable bonds is 1. The highest BCUT2D eigenvalue weighted by molar-refractivity contribution is 7.86. The zero-order valence-electron chi connectivity index (χ0n) is 7.37. The highest BCUT2D eigenvalue weighted by Gasteiger charge is 2.35. The molecule has 0 saturated carbocycles. The molecule has 1 aliphatic rings. The molecule has 1 aliphatic heterocycles. The molecule has 0 aromatic heterocycles. The van der Waals surface area contributed by atoms with Crippen molar-refractivity contribution in [1.29, 1.82) is 0 Å². The summed E-state index contributed by atoms with van der Waals surface area (Å²) in [5.74, 6) is 0. The molecule has 0 amide bonds. The van der Waals surface area contributed by atoms with Gasteiger partial charge in [-0.05, 0) is 13.8 Å². The zero-order valence-corrected chi connectivity index (χ0v) is 8.19. The van der Waals surface area contributed by atoms with Crippen LogP contribution in [-0.4, -0.2) is 37.9 Å². The van der Waals surface area contributed by atoms with Crippen molar-refractivity contribution in [3.63, 3.8) is 0 Å². The molecule has 0 radical (unpaired) electrons. The van der Waals surface area contributed by atoms with Gasteiger partial charge in [0.05, 0.1) is 0 Å². The Bertz CT molecular complexity index is 260. The highest BCUT2D eigenvalue weighted by atomic mass is 32.2. The van der Waals surface area contributed by atoms with E-state index in [2.05, 4.69) is 5.32 Å². The molecule has 1 saturated heterocycles. The van der Waals surface area contributed by atoms with Crippen LogP contribution >= 0.6 is 0 Å². The Hall–Kier alpha value is -0.170. The van der Waals surface area contributed by atoms with E-state index in [0.29, 0.717) is 19.6 Å². The van der Waals surface area contributed by atoms with E-state index in [1.807, 2.05) is 13.8 Å². The lowest BCUT2D eigenvalue weighted by Crippen LogP contribution is -2.61. The molecule has 5 nitrogen and oxygen atoms in total. The van der Waals surface area contributed by atoms with Crippen LogP contribution in [0.1, 0.15) is 13.8 Å². The van der Waals surface area contributed by atoms with E-state index in [9.17, 15) is 8.42 Å². The predicted molar refractivity (Wildman–Crippen MR) is 46.8 cm³/mol. The Morgan fingerprint density at radius 3 is 2.42 bits per heavy atom. The molecule has 6 heteroatoms. The fraction of sp³-hybridized carbons (Fsp3) is 1.00. The monoisotopic (exact) mass is 193 g/mol. The fourth-order valence-corrected chi connectivity index (χ4v) is 2.54. The maximum atomic E-state index is 11.1. The molecule has 0 atom stereocenters. The highest BCUT2D eigenvalue weighted by Crippen LogP contribution is 2.17. The van der Waals surface area contributed by atoms with Gasteiger partial charge in [-0.15, -0.1) is 0 Å². The molecular weight excluding hydrogens is 178 g/mol. The Labute approximate surface area is 73.1 Å². The average Bonchev–Trinajstić information content (AvgIpc) is 1.83. The molecule has 1 fully saturated rings. The lowest BCUT2D eigenvalue weighted by molar-refractivity contribution is 0.186. The number of hydrogen-bond donors (Lipinski definition) is 2. The van der Waals surface area contributed by atoms with Gasteiger partial charge in [0.2, 0.25) is 0 Å². The summed E-state index contributed by atoms with van der Waals surface area (Å²) in [6.07, 6.45) is 0. The first-order chi connectivity index (χ1) is 5.34. The van der Waals surface area contributed by atoms with Crippen LogP contribution in [0.5, 0.6) is 0 Å². The van der Waals surface area contributed by atoms with Crippen LogP contribution < -0.4 is 10.5 Å². The van der Waals surface area contributed by atoms with Gasteiger partial charge in [0.1, 0.15) is 0 Å². The quantitative estimate of drug-likeness (QED) is 0.553. The normalized spacial score (nSPS) is 25.6. The second-order valence-electron chi connectivity index (χ2n) is 3.61. The maximum Gasteiger partial charge on any atom is 0.277 e. The summed E-state index contributed by atoms with van der Waals surface area (Å²) in [5.41, 5.74) is -0.411. The molecule has 0 aromatic carbocycles. The summed E-state index contributed by atoms with van der Waals surface area (Å²) in [6, 6.07) is 0. The van der Waals surface area contributed by atoms with E-state index in [1.165, 1.54) is 4.31 Å². The number of piperazine rings is 1. The summed E-state index contributed by atoms with van der Waals surface area (Å²) < 4.78 is 23.5. The van der Waals surface area contributed by atoms with Gasteiger partial charge in [-0.3, -0.25) is 0 Å². The third kappa shape index (κ3) is 1.95. The second-order valence-corrected chi connectivity index (χ2v) is 5.08. The van der Waals surface area contributed by atoms with Gasteiger partial charge in [-0.2, -0.15) is 12.7 Å². The van der Waals surface area contributed by atoms with Gasteiger partial charge in [0, 0.05) is 25.2 Å². The Morgan fingerprint density at radius 1 is 1.50 bits per heavy atom. The summed E-state index contributed by atoms with van der Waals surface area (Å²) in [6.45, 7) is 5.46. The lowest BCUT2D eigenvalue weighted by Gasteiger charge is -2.40. The van der Waals surface area contributed by atoms with Crippen LogP contribution in [0.4, 0.5) is 0 Å². The van der Waals surface area contributed by atoms with Crippen molar-refractivity contribution < 1.29 is 8.42 Å². The van der Waals surface area contributed by atoms with Crippen LogP contribution in [0.15, 0.2) is 0 Å². The molecular formula is C6H15N3O2S. The van der Waals surface area contributed by atoms with Crippen molar-refractivity contribution in [1.82, 2.24) is 9.62 Å². The summed E-state index contributed by atoms with van der Waals surface area (Å²) in [5, 5.41) is 8.17. The van der Waals surface area contributed by atoms with Gasteiger partial charge < -0.3 is 5.32 Å². The van der Waals surface area contributed by atoms with Gasteiger partial charge in [0.25, 0.3) is 10.2 Å². The van der Waals surface area contributed by atoms with Crippen molar-refractivity contribution in [3.8, 4) is 0 Å². The molecule has 0 aliphatic carbocycles. The third-order valence-electron chi connectivity index (χ3n) is 2.03. The van der Waals surface area contributed by atoms with E-state index in [1.54, 1.807) is 0 Å². The van der Waals surface area contributed by atoms with Crippen LogP contribution in [0.3, 0.4) is 0 Å². The van der Waals surface area contributed by atoms with Crippen molar-refractivity contribution >= 4 is 10.2 Å². The van der Waals surface area contributed by atoms with Gasteiger partial charge in [-0.1, -0.05) is 0 Å². The molecule has 1 heterocycles. The average molecular weight is 193 g/mol. The van der Waals surface area contributed by atoms with Crippen LogP contribution in [0, 0.1) is 0 Å². The molecule has 0 aromatic rings. The summed E-state index contributed by atoms with van der Waals surface area (Å²) >= 11 is 0. The Balaban J connectivity index is 2.88. The molecule has 1 rings (SSSR count). The van der Waals surface area contributed by atoms with E-state index in [0.717, 1.165) is 0 Å². The summed E-state index contributed by atoms with van der Waals surface area (Å²) in [4.78, 5) is 0. The SMILES string of the molecule is CC1(C)CNCCN1S(N)(=O)=O. The zero-order chi connectivity index (χ0) is 9.41. The van der Waals surface area contributed by atoms with Crippen LogP contribution in [0.2, 0.25) is 0 Å². The minimum absolute atomic E-state index is 0.411. The minimum atomic E-state index is -3.54. The smallest absolute Gasteiger partial charge is 0.277 e. The van der Waals surface area contributed by atoms with E-state index < -0.39 is 15.7 Å². The summed E-state index contributed by atoms with van der Waals surface area (Å²) in [7, 11) is -3.54.